The Balaban J connectivity index is 1.76. The van der Waals surface area contributed by atoms with Crippen molar-refractivity contribution in [2.24, 2.45) is 0 Å². The van der Waals surface area contributed by atoms with Crippen LogP contribution >= 0.6 is 0 Å². The molecule has 0 radical (unpaired) electrons. The van der Waals surface area contributed by atoms with Gasteiger partial charge in [0.1, 0.15) is 0 Å². The lowest BCUT2D eigenvalue weighted by atomic mass is 9.87. The Bertz CT molecular complexity index is 1530. The number of aliphatic hydroxyl groups is 1. The maximum Gasteiger partial charge on any atom is 0.0846 e. The topological polar surface area (TPSA) is 36.0 Å². The van der Waals surface area contributed by atoms with Crippen molar-refractivity contribution in [3.8, 4) is 11.1 Å². The summed E-state index contributed by atoms with van der Waals surface area (Å²) in [5, 5.41) is 18.4. The summed E-state index contributed by atoms with van der Waals surface area (Å²) >= 11 is 0. The summed E-state index contributed by atoms with van der Waals surface area (Å²) in [6, 6.07) is 27.8. The van der Waals surface area contributed by atoms with Gasteiger partial charge in [0.05, 0.1) is 5.60 Å². The summed E-state index contributed by atoms with van der Waals surface area (Å²) in [4.78, 5) is 3.58. The van der Waals surface area contributed by atoms with Gasteiger partial charge in [-0.05, 0) is 70.3 Å². The largest absolute Gasteiger partial charge is 0.386 e. The first-order chi connectivity index (χ1) is 14.0. The summed E-state index contributed by atoms with van der Waals surface area (Å²) in [6.45, 7) is 3.69. The quantitative estimate of drug-likeness (QED) is 0.315. The molecule has 0 bridgehead atoms. The molecule has 6 rings (SSSR count). The van der Waals surface area contributed by atoms with Crippen LogP contribution in [0.2, 0.25) is 0 Å². The van der Waals surface area contributed by atoms with E-state index in [2.05, 4.69) is 65.6 Å². The van der Waals surface area contributed by atoms with E-state index in [-0.39, 0.29) is 0 Å². The fourth-order valence-corrected chi connectivity index (χ4v) is 4.88. The Morgan fingerprint density at radius 3 is 2.00 bits per heavy atom. The molecule has 0 spiro atoms. The monoisotopic (exact) mass is 375 g/mol. The predicted octanol–water partition coefficient (Wildman–Crippen LogP) is 6.96. The molecule has 1 heterocycles. The fourth-order valence-electron chi connectivity index (χ4n) is 4.88. The molecule has 1 aromatic heterocycles. The van der Waals surface area contributed by atoms with Crippen molar-refractivity contribution in [1.82, 2.24) is 4.98 Å². The number of aromatic amines is 1. The first-order valence-corrected chi connectivity index (χ1v) is 10.0. The minimum atomic E-state index is -0.897. The second kappa shape index (κ2) is 5.59. The van der Waals surface area contributed by atoms with Gasteiger partial charge in [-0.15, -0.1) is 0 Å². The summed E-state index contributed by atoms with van der Waals surface area (Å²) in [5.41, 5.74) is 4.62. The van der Waals surface area contributed by atoms with Crippen LogP contribution in [-0.2, 0) is 5.60 Å². The van der Waals surface area contributed by atoms with Crippen molar-refractivity contribution in [3.05, 3.63) is 84.4 Å². The molecule has 0 saturated carbocycles. The SMILES string of the molecule is CC(C)(O)c1ccccc1-c1ccc2c(c1)c1cccc3[nH]c4cccc2c4c31. The molecule has 0 aliphatic carbocycles. The highest BCUT2D eigenvalue weighted by Gasteiger charge is 2.21. The second-order valence-corrected chi connectivity index (χ2v) is 8.45. The van der Waals surface area contributed by atoms with Gasteiger partial charge in [-0.3, -0.25) is 0 Å². The highest BCUT2D eigenvalue weighted by molar-refractivity contribution is 6.33. The standard InChI is InChI=1S/C27H21NO/c1-27(2,29)22-10-4-3-7-17(22)16-13-14-18-19-8-5-11-23-25(19)26-20(21(18)15-16)9-6-12-24(26)28-23/h3-15,28-29H,1-2H3. The average molecular weight is 375 g/mol. The lowest BCUT2D eigenvalue weighted by Crippen LogP contribution is -2.16. The van der Waals surface area contributed by atoms with E-state index in [0.717, 1.165) is 16.7 Å². The molecule has 6 aromatic rings. The van der Waals surface area contributed by atoms with Crippen molar-refractivity contribution in [3.63, 3.8) is 0 Å². The molecule has 140 valence electrons. The smallest absolute Gasteiger partial charge is 0.0846 e. The molecule has 2 heteroatoms. The Morgan fingerprint density at radius 2 is 1.31 bits per heavy atom. The number of H-pyrrole nitrogens is 1. The van der Waals surface area contributed by atoms with Gasteiger partial charge in [0.25, 0.3) is 0 Å². The summed E-state index contributed by atoms with van der Waals surface area (Å²) in [5.74, 6) is 0. The van der Waals surface area contributed by atoms with Gasteiger partial charge >= 0.3 is 0 Å². The second-order valence-electron chi connectivity index (χ2n) is 8.45. The van der Waals surface area contributed by atoms with Crippen LogP contribution in [-0.4, -0.2) is 10.1 Å². The number of nitrogens with one attached hydrogen (secondary N) is 1. The molecular weight excluding hydrogens is 354 g/mol. The molecule has 2 N–H and O–H groups in total. The van der Waals surface area contributed by atoms with Gasteiger partial charge in [-0.25, -0.2) is 0 Å². The van der Waals surface area contributed by atoms with Crippen LogP contribution in [0, 0.1) is 0 Å². The van der Waals surface area contributed by atoms with Crippen molar-refractivity contribution >= 4 is 43.4 Å². The van der Waals surface area contributed by atoms with Crippen LogP contribution in [0.4, 0.5) is 0 Å². The molecule has 0 aliphatic rings. The van der Waals surface area contributed by atoms with Crippen LogP contribution < -0.4 is 0 Å². The molecule has 0 aliphatic heterocycles. The number of benzene rings is 5. The number of rotatable bonds is 2. The zero-order valence-corrected chi connectivity index (χ0v) is 16.5. The molecule has 5 aromatic carbocycles. The number of fused-ring (bicyclic) bond motifs is 3. The minimum Gasteiger partial charge on any atom is -0.386 e. The van der Waals surface area contributed by atoms with E-state index in [1.165, 1.54) is 43.4 Å². The third-order valence-electron chi connectivity index (χ3n) is 6.15. The number of hydrogen-bond acceptors (Lipinski definition) is 1. The van der Waals surface area contributed by atoms with E-state index in [0.29, 0.717) is 0 Å². The molecule has 29 heavy (non-hydrogen) atoms. The lowest BCUT2D eigenvalue weighted by molar-refractivity contribution is 0.0792. The first kappa shape index (κ1) is 16.6. The third-order valence-corrected chi connectivity index (χ3v) is 6.15. The molecule has 0 atom stereocenters. The lowest BCUT2D eigenvalue weighted by Gasteiger charge is -2.22. The fraction of sp³-hybridized carbons (Fsp3) is 0.111. The van der Waals surface area contributed by atoms with Crippen molar-refractivity contribution in [1.29, 1.82) is 0 Å². The molecule has 0 fully saturated rings. The zero-order chi connectivity index (χ0) is 19.8. The minimum absolute atomic E-state index is 0.897. The maximum absolute atomic E-state index is 10.7. The van der Waals surface area contributed by atoms with Crippen LogP contribution in [0.5, 0.6) is 0 Å². The Morgan fingerprint density at radius 1 is 0.655 bits per heavy atom. The molecular formula is C27H21NO. The van der Waals surface area contributed by atoms with Crippen molar-refractivity contribution in [2.75, 3.05) is 0 Å². The van der Waals surface area contributed by atoms with Gasteiger partial charge < -0.3 is 10.1 Å². The summed E-state index contributed by atoms with van der Waals surface area (Å²) in [6.07, 6.45) is 0. The van der Waals surface area contributed by atoms with Crippen molar-refractivity contribution < 1.29 is 5.11 Å². The zero-order valence-electron chi connectivity index (χ0n) is 16.5. The van der Waals surface area contributed by atoms with Gasteiger partial charge in [-0.1, -0.05) is 60.7 Å². The third kappa shape index (κ3) is 2.27. The normalized spacial score (nSPS) is 12.7. The molecule has 0 saturated heterocycles. The molecule has 2 nitrogen and oxygen atoms in total. The van der Waals surface area contributed by atoms with Gasteiger partial charge in [0, 0.05) is 21.8 Å². The molecule has 0 amide bonds. The van der Waals surface area contributed by atoms with E-state index >= 15 is 0 Å². The summed E-state index contributed by atoms with van der Waals surface area (Å²) in [7, 11) is 0. The first-order valence-electron chi connectivity index (χ1n) is 10.0. The van der Waals surface area contributed by atoms with E-state index in [9.17, 15) is 5.11 Å². The predicted molar refractivity (Wildman–Crippen MR) is 123 cm³/mol. The number of hydrogen-bond donors (Lipinski definition) is 2. The van der Waals surface area contributed by atoms with Crippen molar-refractivity contribution in [2.45, 2.75) is 19.4 Å². The van der Waals surface area contributed by atoms with Gasteiger partial charge in [0.15, 0.2) is 0 Å². The maximum atomic E-state index is 10.7. The van der Waals surface area contributed by atoms with Gasteiger partial charge in [0.2, 0.25) is 0 Å². The van der Waals surface area contributed by atoms with Crippen LogP contribution in [0.3, 0.4) is 0 Å². The Kier molecular flexibility index (Phi) is 3.20. The van der Waals surface area contributed by atoms with Crippen LogP contribution in [0.15, 0.2) is 78.9 Å². The van der Waals surface area contributed by atoms with Crippen LogP contribution in [0.1, 0.15) is 19.4 Å². The van der Waals surface area contributed by atoms with E-state index in [4.69, 9.17) is 0 Å². The molecule has 0 unspecified atom stereocenters. The van der Waals surface area contributed by atoms with Crippen LogP contribution in [0.25, 0.3) is 54.5 Å². The Hall–Kier alpha value is -3.36. The van der Waals surface area contributed by atoms with E-state index in [1.54, 1.807) is 0 Å². The van der Waals surface area contributed by atoms with E-state index in [1.807, 2.05) is 32.0 Å². The highest BCUT2D eigenvalue weighted by Crippen LogP contribution is 2.42. The van der Waals surface area contributed by atoms with E-state index < -0.39 is 5.60 Å². The van der Waals surface area contributed by atoms with Gasteiger partial charge in [-0.2, -0.15) is 0 Å². The Labute approximate surface area is 168 Å². The highest BCUT2D eigenvalue weighted by atomic mass is 16.3. The summed E-state index contributed by atoms with van der Waals surface area (Å²) < 4.78 is 0. The number of aromatic nitrogens is 1. The average Bonchev–Trinajstić information content (AvgIpc) is 3.12.